The number of β-amino-alcohol motifs (C(OH)–C–C–N with tert-alkyl or cyclic N) is 1. The number of likely N-dealkylation sites (tertiary alicyclic amines) is 1. The monoisotopic (exact) mass is 133 g/mol. The minimum atomic E-state index is -0.656. The summed E-state index contributed by atoms with van der Waals surface area (Å²) in [5, 5.41) is 8.45. The first-order valence-electron chi connectivity index (χ1n) is 3.30. The number of aliphatic hydroxyl groups excluding tert-OH is 1. The van der Waals surface area contributed by atoms with Crippen LogP contribution >= 0.6 is 0 Å². The van der Waals surface area contributed by atoms with Crippen LogP contribution in [0.25, 0.3) is 0 Å². The van der Waals surface area contributed by atoms with Gasteiger partial charge in [0.15, 0.2) is 0 Å². The molecule has 1 heterocycles. The van der Waals surface area contributed by atoms with Crippen molar-refractivity contribution in [1.29, 1.82) is 0 Å². The van der Waals surface area contributed by atoms with Gasteiger partial charge in [-0.3, -0.25) is 4.90 Å². The van der Waals surface area contributed by atoms with Crippen molar-refractivity contribution in [2.24, 2.45) is 0 Å². The summed E-state index contributed by atoms with van der Waals surface area (Å²) in [4.78, 5) is 1.94. The highest BCUT2D eigenvalue weighted by molar-refractivity contribution is 4.73. The molecule has 0 radical (unpaired) electrons. The van der Waals surface area contributed by atoms with Crippen LogP contribution < -0.4 is 0 Å². The van der Waals surface area contributed by atoms with Crippen molar-refractivity contribution in [2.45, 2.75) is 12.6 Å². The van der Waals surface area contributed by atoms with Crippen LogP contribution in [-0.2, 0) is 0 Å². The van der Waals surface area contributed by atoms with Gasteiger partial charge < -0.3 is 5.11 Å². The highest BCUT2D eigenvalue weighted by Crippen LogP contribution is 2.10. The van der Waals surface area contributed by atoms with E-state index in [0.29, 0.717) is 19.5 Å². The largest absolute Gasteiger partial charge is 0.395 e. The number of hydrogen-bond acceptors (Lipinski definition) is 2. The predicted molar refractivity (Wildman–Crippen MR) is 33.0 cm³/mol. The third-order valence-corrected chi connectivity index (χ3v) is 1.63. The third kappa shape index (κ3) is 1.91. The molecular formula is C6H12FNO. The second kappa shape index (κ2) is 3.13. The summed E-state index contributed by atoms with van der Waals surface area (Å²) in [6, 6.07) is 0. The average Bonchev–Trinajstić information content (AvgIpc) is 2.17. The molecule has 0 unspecified atom stereocenters. The van der Waals surface area contributed by atoms with Gasteiger partial charge in [-0.2, -0.15) is 0 Å². The minimum Gasteiger partial charge on any atom is -0.395 e. The molecule has 1 rings (SSSR count). The Hall–Kier alpha value is -0.150. The zero-order chi connectivity index (χ0) is 6.69. The van der Waals surface area contributed by atoms with E-state index >= 15 is 0 Å². The van der Waals surface area contributed by atoms with Crippen LogP contribution in [0.15, 0.2) is 0 Å². The number of aliphatic hydroxyl groups is 1. The Morgan fingerprint density at radius 2 is 2.44 bits per heavy atom. The summed E-state index contributed by atoms with van der Waals surface area (Å²) < 4.78 is 12.4. The number of halogens is 1. The van der Waals surface area contributed by atoms with Crippen molar-refractivity contribution in [1.82, 2.24) is 4.90 Å². The molecule has 1 aliphatic heterocycles. The van der Waals surface area contributed by atoms with Gasteiger partial charge in [-0.1, -0.05) is 0 Å². The Bertz CT molecular complexity index is 87.1. The lowest BCUT2D eigenvalue weighted by Gasteiger charge is -2.10. The molecule has 3 heteroatoms. The molecule has 1 N–H and O–H groups in total. The molecule has 0 amide bonds. The second-order valence-corrected chi connectivity index (χ2v) is 2.41. The summed E-state index contributed by atoms with van der Waals surface area (Å²) in [6.45, 7) is 2.09. The normalized spacial score (nSPS) is 29.3. The lowest BCUT2D eigenvalue weighted by Crippen LogP contribution is -2.24. The summed E-state index contributed by atoms with van der Waals surface area (Å²) in [5.74, 6) is 0. The first-order valence-corrected chi connectivity index (χ1v) is 3.30. The van der Waals surface area contributed by atoms with Crippen LogP contribution in [0, 0.1) is 0 Å². The van der Waals surface area contributed by atoms with Crippen LogP contribution in [0.5, 0.6) is 0 Å². The lowest BCUT2D eigenvalue weighted by atomic mass is 10.3. The first kappa shape index (κ1) is 6.96. The standard InChI is InChI=1S/C6H12FNO/c7-6-1-2-8(5-6)3-4-9/h6,9H,1-5H2/t6-/m0/s1. The van der Waals surface area contributed by atoms with E-state index in [4.69, 9.17) is 5.11 Å². The zero-order valence-corrected chi connectivity index (χ0v) is 5.39. The number of nitrogens with zero attached hydrogens (tertiary/aromatic N) is 1. The fraction of sp³-hybridized carbons (Fsp3) is 1.00. The molecule has 0 saturated carbocycles. The maximum absolute atomic E-state index is 12.4. The maximum atomic E-state index is 12.4. The van der Waals surface area contributed by atoms with Crippen molar-refractivity contribution >= 4 is 0 Å². The topological polar surface area (TPSA) is 23.5 Å². The van der Waals surface area contributed by atoms with Crippen LogP contribution in [-0.4, -0.2) is 42.4 Å². The summed E-state index contributed by atoms with van der Waals surface area (Å²) in [5.41, 5.74) is 0. The van der Waals surface area contributed by atoms with Gasteiger partial charge in [-0.05, 0) is 6.42 Å². The first-order chi connectivity index (χ1) is 4.33. The molecule has 1 saturated heterocycles. The van der Waals surface area contributed by atoms with E-state index in [2.05, 4.69) is 0 Å². The van der Waals surface area contributed by atoms with Gasteiger partial charge in [0.2, 0.25) is 0 Å². The Balaban J connectivity index is 2.14. The van der Waals surface area contributed by atoms with Crippen molar-refractivity contribution < 1.29 is 9.50 Å². The summed E-state index contributed by atoms with van der Waals surface area (Å²) in [6.07, 6.45) is -0.0171. The van der Waals surface area contributed by atoms with Gasteiger partial charge in [-0.15, -0.1) is 0 Å². The molecule has 1 fully saturated rings. The number of alkyl halides is 1. The molecule has 0 spiro atoms. The van der Waals surface area contributed by atoms with E-state index in [0.717, 1.165) is 6.54 Å². The van der Waals surface area contributed by atoms with E-state index in [1.807, 2.05) is 4.90 Å². The van der Waals surface area contributed by atoms with Crippen LogP contribution in [0.3, 0.4) is 0 Å². The average molecular weight is 133 g/mol. The minimum absolute atomic E-state index is 0.146. The fourth-order valence-corrected chi connectivity index (χ4v) is 1.13. The molecular weight excluding hydrogens is 121 g/mol. The van der Waals surface area contributed by atoms with Gasteiger partial charge in [0.25, 0.3) is 0 Å². The smallest absolute Gasteiger partial charge is 0.114 e. The highest BCUT2D eigenvalue weighted by Gasteiger charge is 2.20. The Morgan fingerprint density at radius 1 is 1.67 bits per heavy atom. The van der Waals surface area contributed by atoms with Crippen LogP contribution in [0.4, 0.5) is 4.39 Å². The van der Waals surface area contributed by atoms with E-state index in [1.54, 1.807) is 0 Å². The Labute approximate surface area is 54.3 Å². The molecule has 0 aromatic carbocycles. The van der Waals surface area contributed by atoms with Gasteiger partial charge >= 0.3 is 0 Å². The molecule has 9 heavy (non-hydrogen) atoms. The molecule has 1 aliphatic rings. The van der Waals surface area contributed by atoms with Crippen molar-refractivity contribution in [3.63, 3.8) is 0 Å². The molecule has 0 aromatic heterocycles. The number of rotatable bonds is 2. The Morgan fingerprint density at radius 3 is 2.89 bits per heavy atom. The van der Waals surface area contributed by atoms with E-state index < -0.39 is 6.17 Å². The Kier molecular flexibility index (Phi) is 2.42. The van der Waals surface area contributed by atoms with Gasteiger partial charge in [0, 0.05) is 19.6 Å². The van der Waals surface area contributed by atoms with E-state index in [1.165, 1.54) is 0 Å². The molecule has 0 bridgehead atoms. The van der Waals surface area contributed by atoms with Gasteiger partial charge in [0.05, 0.1) is 6.61 Å². The lowest BCUT2D eigenvalue weighted by molar-refractivity contribution is 0.211. The zero-order valence-electron chi connectivity index (χ0n) is 5.39. The fourth-order valence-electron chi connectivity index (χ4n) is 1.13. The second-order valence-electron chi connectivity index (χ2n) is 2.41. The van der Waals surface area contributed by atoms with Gasteiger partial charge in [-0.25, -0.2) is 4.39 Å². The van der Waals surface area contributed by atoms with E-state index in [-0.39, 0.29) is 6.61 Å². The van der Waals surface area contributed by atoms with Crippen molar-refractivity contribution in [2.75, 3.05) is 26.2 Å². The molecule has 0 aromatic rings. The molecule has 1 atom stereocenters. The van der Waals surface area contributed by atoms with E-state index in [9.17, 15) is 4.39 Å². The third-order valence-electron chi connectivity index (χ3n) is 1.63. The van der Waals surface area contributed by atoms with Crippen molar-refractivity contribution in [3.05, 3.63) is 0 Å². The highest BCUT2D eigenvalue weighted by atomic mass is 19.1. The maximum Gasteiger partial charge on any atom is 0.114 e. The van der Waals surface area contributed by atoms with Crippen molar-refractivity contribution in [3.8, 4) is 0 Å². The molecule has 0 aliphatic carbocycles. The number of hydrogen-bond donors (Lipinski definition) is 1. The van der Waals surface area contributed by atoms with Gasteiger partial charge in [0.1, 0.15) is 6.17 Å². The van der Waals surface area contributed by atoms with Crippen LogP contribution in [0.1, 0.15) is 6.42 Å². The summed E-state index contributed by atoms with van der Waals surface area (Å²) in [7, 11) is 0. The van der Waals surface area contributed by atoms with Crippen LogP contribution in [0.2, 0.25) is 0 Å². The molecule has 2 nitrogen and oxygen atoms in total. The quantitative estimate of drug-likeness (QED) is 0.574. The SMILES string of the molecule is OCCN1CC[C@H](F)C1. The predicted octanol–water partition coefficient (Wildman–Crippen LogP) is 0.0225. The summed E-state index contributed by atoms with van der Waals surface area (Å²) >= 11 is 0. The molecule has 54 valence electrons.